The molecule has 0 bridgehead atoms. The highest BCUT2D eigenvalue weighted by molar-refractivity contribution is 5.48. The lowest BCUT2D eigenvalue weighted by Crippen LogP contribution is -2.46. The van der Waals surface area contributed by atoms with Gasteiger partial charge < -0.3 is 9.80 Å². The number of hydrogen-bond donors (Lipinski definition) is 0. The lowest BCUT2D eigenvalue weighted by atomic mass is 10.2. The Morgan fingerprint density at radius 2 is 1.74 bits per heavy atom. The smallest absolute Gasteiger partial charge is 0.214 e. The number of nitrogens with zero attached hydrogens (tertiary/aromatic N) is 5. The fourth-order valence-electron chi connectivity index (χ4n) is 2.25. The summed E-state index contributed by atoms with van der Waals surface area (Å²) in [5.41, 5.74) is 0.884. The van der Waals surface area contributed by atoms with E-state index in [1.165, 1.54) is 12.3 Å². The van der Waals surface area contributed by atoms with Crippen LogP contribution in [-0.4, -0.2) is 41.1 Å². The maximum Gasteiger partial charge on any atom is 0.214 e. The van der Waals surface area contributed by atoms with Crippen molar-refractivity contribution in [1.29, 1.82) is 0 Å². The summed E-state index contributed by atoms with van der Waals surface area (Å²) in [6.45, 7) is 3.41. The summed E-state index contributed by atoms with van der Waals surface area (Å²) in [5, 5.41) is 0. The van der Waals surface area contributed by atoms with Crippen LogP contribution in [-0.2, 0) is 0 Å². The Kier molecular flexibility index (Phi) is 3.22. The van der Waals surface area contributed by atoms with E-state index in [0.717, 1.165) is 37.7 Å². The minimum absolute atomic E-state index is 0.435. The fraction of sp³-hybridized carbons (Fsp3) is 0.308. The molecule has 1 aliphatic heterocycles. The largest absolute Gasteiger partial charge is 0.368 e. The highest BCUT2D eigenvalue weighted by atomic mass is 19.1. The van der Waals surface area contributed by atoms with E-state index >= 15 is 0 Å². The molecule has 0 radical (unpaired) electrons. The van der Waals surface area contributed by atoms with Gasteiger partial charge in [0.05, 0.1) is 0 Å². The molecule has 0 unspecified atom stereocenters. The molecule has 1 aliphatic rings. The Balaban J connectivity index is 1.67. The van der Waals surface area contributed by atoms with Gasteiger partial charge in [-0.25, -0.2) is 15.0 Å². The van der Waals surface area contributed by atoms with Crippen LogP contribution in [0.4, 0.5) is 15.9 Å². The predicted molar refractivity (Wildman–Crippen MR) is 70.7 cm³/mol. The minimum atomic E-state index is -0.435. The van der Waals surface area contributed by atoms with Crippen molar-refractivity contribution < 1.29 is 4.39 Å². The molecule has 98 valence electrons. The molecular formula is C13H14FN5. The first-order chi connectivity index (χ1) is 9.33. The van der Waals surface area contributed by atoms with Gasteiger partial charge in [0, 0.05) is 50.3 Å². The molecule has 1 fully saturated rings. The summed E-state index contributed by atoms with van der Waals surface area (Å²) in [7, 11) is 0. The van der Waals surface area contributed by atoms with Gasteiger partial charge in [0.2, 0.25) is 5.95 Å². The summed E-state index contributed by atoms with van der Waals surface area (Å²) in [4.78, 5) is 16.1. The van der Waals surface area contributed by atoms with E-state index in [9.17, 15) is 4.39 Å². The number of pyridine rings is 1. The third-order valence-electron chi connectivity index (χ3n) is 3.25. The van der Waals surface area contributed by atoms with Gasteiger partial charge in [-0.15, -0.1) is 0 Å². The van der Waals surface area contributed by atoms with Crippen LogP contribution in [0.3, 0.4) is 0 Å². The zero-order valence-corrected chi connectivity index (χ0v) is 10.4. The summed E-state index contributed by atoms with van der Waals surface area (Å²) in [6, 6.07) is 5.21. The second-order valence-corrected chi connectivity index (χ2v) is 4.38. The van der Waals surface area contributed by atoms with E-state index in [4.69, 9.17) is 0 Å². The zero-order valence-electron chi connectivity index (χ0n) is 10.4. The number of aromatic nitrogens is 3. The van der Waals surface area contributed by atoms with Crippen LogP contribution < -0.4 is 9.80 Å². The topological polar surface area (TPSA) is 45.2 Å². The van der Waals surface area contributed by atoms with Crippen molar-refractivity contribution in [3.8, 4) is 0 Å². The van der Waals surface area contributed by atoms with Crippen LogP contribution >= 0.6 is 0 Å². The Labute approximate surface area is 110 Å². The molecule has 2 aromatic rings. The Morgan fingerprint density at radius 1 is 0.947 bits per heavy atom. The maximum atomic E-state index is 13.1. The lowest BCUT2D eigenvalue weighted by Gasteiger charge is -2.36. The second-order valence-electron chi connectivity index (χ2n) is 4.38. The molecule has 0 aliphatic carbocycles. The molecule has 0 saturated carbocycles. The van der Waals surface area contributed by atoms with E-state index in [0.29, 0.717) is 0 Å². The molecular weight excluding hydrogens is 245 g/mol. The molecule has 0 aromatic carbocycles. The first-order valence-corrected chi connectivity index (χ1v) is 6.20. The third kappa shape index (κ3) is 2.62. The highest BCUT2D eigenvalue weighted by Gasteiger charge is 2.18. The van der Waals surface area contributed by atoms with Gasteiger partial charge in [-0.2, -0.15) is 4.39 Å². The van der Waals surface area contributed by atoms with E-state index in [-0.39, 0.29) is 0 Å². The summed E-state index contributed by atoms with van der Waals surface area (Å²) in [5.74, 6) is 0.506. The van der Waals surface area contributed by atoms with Crippen LogP contribution in [0.1, 0.15) is 0 Å². The molecule has 6 heteroatoms. The molecule has 0 spiro atoms. The minimum Gasteiger partial charge on any atom is -0.368 e. The average Bonchev–Trinajstić information content (AvgIpc) is 2.48. The number of halogens is 1. The normalized spacial score (nSPS) is 15.6. The van der Waals surface area contributed by atoms with Crippen LogP contribution in [0.15, 0.2) is 36.9 Å². The number of anilines is 2. The van der Waals surface area contributed by atoms with Crippen LogP contribution in [0.2, 0.25) is 0 Å². The summed E-state index contributed by atoms with van der Waals surface area (Å²) >= 11 is 0. The van der Waals surface area contributed by atoms with Gasteiger partial charge in [-0.3, -0.25) is 0 Å². The van der Waals surface area contributed by atoms with E-state index in [1.54, 1.807) is 12.5 Å². The van der Waals surface area contributed by atoms with Crippen LogP contribution in [0.5, 0.6) is 0 Å². The van der Waals surface area contributed by atoms with Crippen molar-refractivity contribution in [3.63, 3.8) is 0 Å². The van der Waals surface area contributed by atoms with Crippen LogP contribution in [0.25, 0.3) is 0 Å². The number of hydrogen-bond acceptors (Lipinski definition) is 5. The Morgan fingerprint density at radius 3 is 2.42 bits per heavy atom. The Hall–Kier alpha value is -2.24. The lowest BCUT2D eigenvalue weighted by molar-refractivity contribution is 0.580. The number of piperazine rings is 1. The van der Waals surface area contributed by atoms with E-state index < -0.39 is 5.95 Å². The molecule has 2 aromatic heterocycles. The van der Waals surface area contributed by atoms with Crippen LogP contribution in [0, 0.1) is 5.95 Å². The van der Waals surface area contributed by atoms with Gasteiger partial charge in [0.15, 0.2) is 0 Å². The van der Waals surface area contributed by atoms with Gasteiger partial charge in [-0.05, 0) is 12.1 Å². The molecule has 0 amide bonds. The summed E-state index contributed by atoms with van der Waals surface area (Å²) in [6.07, 6.45) is 4.80. The fourth-order valence-corrected chi connectivity index (χ4v) is 2.25. The monoisotopic (exact) mass is 259 g/mol. The maximum absolute atomic E-state index is 13.1. The zero-order chi connectivity index (χ0) is 13.1. The second kappa shape index (κ2) is 5.17. The molecule has 3 rings (SSSR count). The van der Waals surface area contributed by atoms with Crippen molar-refractivity contribution in [2.75, 3.05) is 36.0 Å². The molecule has 1 saturated heterocycles. The van der Waals surface area contributed by atoms with Crippen molar-refractivity contribution in [3.05, 3.63) is 42.9 Å². The first kappa shape index (κ1) is 11.8. The van der Waals surface area contributed by atoms with Gasteiger partial charge >= 0.3 is 0 Å². The van der Waals surface area contributed by atoms with Crippen molar-refractivity contribution in [2.45, 2.75) is 0 Å². The quantitative estimate of drug-likeness (QED) is 0.761. The Bertz CT molecular complexity index is 540. The molecule has 5 nitrogen and oxygen atoms in total. The molecule has 19 heavy (non-hydrogen) atoms. The van der Waals surface area contributed by atoms with E-state index in [1.807, 2.05) is 12.1 Å². The standard InChI is InChI=1S/C13H14FN5/c14-12-9-11(1-4-16-12)18-5-7-19(8-6-18)13-2-3-15-10-17-13/h1-4,9-10H,5-8H2. The van der Waals surface area contributed by atoms with Crippen molar-refractivity contribution in [2.24, 2.45) is 0 Å². The average molecular weight is 259 g/mol. The molecule has 0 N–H and O–H groups in total. The highest BCUT2D eigenvalue weighted by Crippen LogP contribution is 2.18. The van der Waals surface area contributed by atoms with Crippen molar-refractivity contribution in [1.82, 2.24) is 15.0 Å². The molecule has 3 heterocycles. The number of rotatable bonds is 2. The van der Waals surface area contributed by atoms with Gasteiger partial charge in [-0.1, -0.05) is 0 Å². The third-order valence-corrected chi connectivity index (χ3v) is 3.25. The summed E-state index contributed by atoms with van der Waals surface area (Å²) < 4.78 is 13.1. The van der Waals surface area contributed by atoms with Gasteiger partial charge in [0.1, 0.15) is 12.1 Å². The SMILES string of the molecule is Fc1cc(N2CCN(c3ccncn3)CC2)ccn1. The predicted octanol–water partition coefficient (Wildman–Crippen LogP) is 1.34. The molecule has 0 atom stereocenters. The first-order valence-electron chi connectivity index (χ1n) is 6.20. The van der Waals surface area contributed by atoms with E-state index in [2.05, 4.69) is 24.8 Å². The van der Waals surface area contributed by atoms with Crippen molar-refractivity contribution >= 4 is 11.5 Å². The van der Waals surface area contributed by atoms with Gasteiger partial charge in [0.25, 0.3) is 0 Å².